The summed E-state index contributed by atoms with van der Waals surface area (Å²) in [6.07, 6.45) is 7.12. The Balaban J connectivity index is 1.78. The van der Waals surface area contributed by atoms with Crippen LogP contribution in [0.1, 0.15) is 51.0 Å². The highest BCUT2D eigenvalue weighted by Gasteiger charge is 2.64. The van der Waals surface area contributed by atoms with Crippen molar-refractivity contribution in [1.29, 1.82) is 10.5 Å². The Bertz CT molecular complexity index is 648. The molecule has 0 N–H and O–H groups in total. The minimum absolute atomic E-state index is 0.0568. The number of rotatable bonds is 3. The number of hydrogen-bond acceptors (Lipinski definition) is 2. The molecule has 4 saturated carbocycles. The van der Waals surface area contributed by atoms with E-state index in [1.54, 1.807) is 0 Å². The summed E-state index contributed by atoms with van der Waals surface area (Å²) in [5.41, 5.74) is 1.75. The van der Waals surface area contributed by atoms with Crippen molar-refractivity contribution in [2.24, 2.45) is 29.1 Å². The van der Waals surface area contributed by atoms with Gasteiger partial charge in [0, 0.05) is 5.41 Å². The molecule has 0 radical (unpaired) electrons. The lowest BCUT2D eigenvalue weighted by Gasteiger charge is -2.66. The molecule has 23 heavy (non-hydrogen) atoms. The van der Waals surface area contributed by atoms with Gasteiger partial charge in [0.05, 0.1) is 12.1 Å². The van der Waals surface area contributed by atoms with E-state index < -0.39 is 5.92 Å². The molecule has 2 nitrogen and oxygen atoms in total. The lowest BCUT2D eigenvalue weighted by molar-refractivity contribution is -0.135. The van der Waals surface area contributed by atoms with Crippen LogP contribution in [0.15, 0.2) is 30.3 Å². The monoisotopic (exact) mass is 304 g/mol. The molecule has 4 bridgehead atoms. The molecule has 4 aliphatic carbocycles. The standard InChI is InChI=1S/C21H24N2/c1-2-21(19(13-22)14-23)17-8-15-9-18(21)12-20(10-15,11-17)16-6-4-3-5-7-16/h3-7,15,17-19H,2,8-12H2,1H3/t15?,17-,18+,20?,21?. The molecular formula is C21H24N2. The Kier molecular flexibility index (Phi) is 3.28. The molecule has 5 atom stereocenters. The fourth-order valence-corrected chi connectivity index (χ4v) is 6.80. The number of nitrogens with zero attached hydrogens (tertiary/aromatic N) is 2. The van der Waals surface area contributed by atoms with Gasteiger partial charge >= 0.3 is 0 Å². The van der Waals surface area contributed by atoms with Gasteiger partial charge in [-0.05, 0) is 67.3 Å². The molecule has 0 heterocycles. The third-order valence-corrected chi connectivity index (χ3v) is 7.50. The second kappa shape index (κ2) is 5.10. The zero-order valence-electron chi connectivity index (χ0n) is 13.8. The van der Waals surface area contributed by atoms with Crippen LogP contribution in [0.3, 0.4) is 0 Å². The molecule has 118 valence electrons. The lowest BCUT2D eigenvalue weighted by Crippen LogP contribution is -2.60. The largest absolute Gasteiger partial charge is 0.197 e. The maximum Gasteiger partial charge on any atom is 0.139 e. The summed E-state index contributed by atoms with van der Waals surface area (Å²) in [7, 11) is 0. The van der Waals surface area contributed by atoms with Crippen LogP contribution in [0.4, 0.5) is 0 Å². The third kappa shape index (κ3) is 1.85. The highest BCUT2D eigenvalue weighted by Crippen LogP contribution is 2.69. The summed E-state index contributed by atoms with van der Waals surface area (Å²) in [6.45, 7) is 2.21. The first-order valence-electron chi connectivity index (χ1n) is 9.03. The third-order valence-electron chi connectivity index (χ3n) is 7.50. The Morgan fingerprint density at radius 1 is 1.04 bits per heavy atom. The average Bonchev–Trinajstić information content (AvgIpc) is 2.58. The topological polar surface area (TPSA) is 47.6 Å². The average molecular weight is 304 g/mol. The molecule has 0 spiro atoms. The predicted molar refractivity (Wildman–Crippen MR) is 89.1 cm³/mol. The van der Waals surface area contributed by atoms with Crippen LogP contribution in [0, 0.1) is 51.7 Å². The normalized spacial score (nSPS) is 40.8. The van der Waals surface area contributed by atoms with E-state index in [-0.39, 0.29) is 5.41 Å². The second-order valence-electron chi connectivity index (χ2n) is 8.15. The Morgan fingerprint density at radius 2 is 1.65 bits per heavy atom. The van der Waals surface area contributed by atoms with E-state index in [4.69, 9.17) is 0 Å². The molecule has 0 amide bonds. The summed E-state index contributed by atoms with van der Waals surface area (Å²) < 4.78 is 0. The van der Waals surface area contributed by atoms with Gasteiger partial charge in [-0.3, -0.25) is 0 Å². The van der Waals surface area contributed by atoms with Crippen molar-refractivity contribution in [2.45, 2.75) is 50.9 Å². The summed E-state index contributed by atoms with van der Waals surface area (Å²) in [4.78, 5) is 0. The van der Waals surface area contributed by atoms with Crippen molar-refractivity contribution < 1.29 is 0 Å². The van der Waals surface area contributed by atoms with Gasteiger partial charge in [-0.2, -0.15) is 10.5 Å². The number of nitriles is 2. The van der Waals surface area contributed by atoms with Gasteiger partial charge in [-0.25, -0.2) is 0 Å². The maximum atomic E-state index is 9.62. The Morgan fingerprint density at radius 3 is 2.17 bits per heavy atom. The SMILES string of the molecule is CCC1(C(C#N)C#N)[C@@H]2CC3C[C@H]1CC(c1ccccc1)(C3)C2. The van der Waals surface area contributed by atoms with E-state index in [1.165, 1.54) is 37.7 Å². The fraction of sp³-hybridized carbons (Fsp3) is 0.619. The highest BCUT2D eigenvalue weighted by atomic mass is 14.7. The van der Waals surface area contributed by atoms with Crippen LogP contribution in [0.25, 0.3) is 0 Å². The zero-order valence-corrected chi connectivity index (χ0v) is 13.8. The quantitative estimate of drug-likeness (QED) is 0.803. The molecule has 0 saturated heterocycles. The molecule has 1 aromatic rings. The summed E-state index contributed by atoms with van der Waals surface area (Å²) in [6, 6.07) is 15.7. The van der Waals surface area contributed by atoms with Crippen molar-refractivity contribution >= 4 is 0 Å². The first-order chi connectivity index (χ1) is 11.2. The van der Waals surface area contributed by atoms with Gasteiger partial charge < -0.3 is 0 Å². The van der Waals surface area contributed by atoms with Gasteiger partial charge in [0.1, 0.15) is 5.92 Å². The van der Waals surface area contributed by atoms with Crippen LogP contribution in [-0.4, -0.2) is 0 Å². The first-order valence-corrected chi connectivity index (χ1v) is 9.03. The van der Waals surface area contributed by atoms with Crippen LogP contribution in [-0.2, 0) is 5.41 Å². The molecular weight excluding hydrogens is 280 g/mol. The van der Waals surface area contributed by atoms with E-state index in [0.29, 0.717) is 17.3 Å². The van der Waals surface area contributed by atoms with Gasteiger partial charge in [0.15, 0.2) is 0 Å². The zero-order chi connectivity index (χ0) is 16.1. The van der Waals surface area contributed by atoms with Crippen molar-refractivity contribution in [1.82, 2.24) is 0 Å². The lowest BCUT2D eigenvalue weighted by atomic mass is 9.37. The van der Waals surface area contributed by atoms with Gasteiger partial charge in [0.25, 0.3) is 0 Å². The van der Waals surface area contributed by atoms with Crippen molar-refractivity contribution in [3.05, 3.63) is 35.9 Å². The summed E-state index contributed by atoms with van der Waals surface area (Å²) in [5.74, 6) is 1.45. The molecule has 5 rings (SSSR count). The maximum absolute atomic E-state index is 9.62. The minimum atomic E-state index is -0.435. The summed E-state index contributed by atoms with van der Waals surface area (Å²) in [5, 5.41) is 19.2. The number of benzene rings is 1. The van der Waals surface area contributed by atoms with Crippen LogP contribution >= 0.6 is 0 Å². The van der Waals surface area contributed by atoms with Crippen molar-refractivity contribution in [3.8, 4) is 12.1 Å². The predicted octanol–water partition coefficient (Wildman–Crippen LogP) is 4.82. The van der Waals surface area contributed by atoms with Gasteiger partial charge in [0.2, 0.25) is 0 Å². The molecule has 1 aromatic carbocycles. The first kappa shape index (κ1) is 14.8. The summed E-state index contributed by atoms with van der Waals surface area (Å²) >= 11 is 0. The number of hydrogen-bond donors (Lipinski definition) is 0. The molecule has 2 heteroatoms. The van der Waals surface area contributed by atoms with Crippen LogP contribution in [0.5, 0.6) is 0 Å². The van der Waals surface area contributed by atoms with Crippen LogP contribution < -0.4 is 0 Å². The van der Waals surface area contributed by atoms with E-state index >= 15 is 0 Å². The van der Waals surface area contributed by atoms with Gasteiger partial charge in [-0.15, -0.1) is 0 Å². The molecule has 3 unspecified atom stereocenters. The second-order valence-corrected chi connectivity index (χ2v) is 8.15. The Labute approximate surface area is 139 Å². The van der Waals surface area contributed by atoms with E-state index in [0.717, 1.165) is 12.3 Å². The minimum Gasteiger partial charge on any atom is -0.197 e. The van der Waals surface area contributed by atoms with E-state index in [9.17, 15) is 10.5 Å². The molecule has 0 aromatic heterocycles. The van der Waals surface area contributed by atoms with E-state index in [1.807, 2.05) is 0 Å². The molecule has 0 aliphatic heterocycles. The van der Waals surface area contributed by atoms with Gasteiger partial charge in [-0.1, -0.05) is 37.3 Å². The molecule has 4 aliphatic rings. The van der Waals surface area contributed by atoms with Crippen molar-refractivity contribution in [2.75, 3.05) is 0 Å². The van der Waals surface area contributed by atoms with E-state index in [2.05, 4.69) is 49.4 Å². The Hall–Kier alpha value is -1.80. The van der Waals surface area contributed by atoms with Crippen molar-refractivity contribution in [3.63, 3.8) is 0 Å². The fourth-order valence-electron chi connectivity index (χ4n) is 6.80. The highest BCUT2D eigenvalue weighted by molar-refractivity contribution is 5.32. The molecule has 4 fully saturated rings. The smallest absolute Gasteiger partial charge is 0.139 e. The van der Waals surface area contributed by atoms with Crippen LogP contribution in [0.2, 0.25) is 0 Å².